The van der Waals surface area contributed by atoms with E-state index in [1.165, 1.54) is 0 Å². The molecule has 1 heterocycles. The lowest BCUT2D eigenvalue weighted by Gasteiger charge is -2.02. The van der Waals surface area contributed by atoms with E-state index in [9.17, 15) is 0 Å². The van der Waals surface area contributed by atoms with Gasteiger partial charge in [-0.25, -0.2) is 9.95 Å². The van der Waals surface area contributed by atoms with Crippen LogP contribution in [0.5, 0.6) is 0 Å². The minimum atomic E-state index is 0.133. The Morgan fingerprint density at radius 2 is 1.93 bits per heavy atom. The highest BCUT2D eigenvalue weighted by molar-refractivity contribution is 5.21. The van der Waals surface area contributed by atoms with Crippen LogP contribution in [-0.4, -0.2) is 0 Å². The molecule has 4 heteroatoms. The van der Waals surface area contributed by atoms with E-state index in [1.807, 2.05) is 44.2 Å². The van der Waals surface area contributed by atoms with Gasteiger partial charge in [0, 0.05) is 18.1 Å². The molecule has 4 nitrogen and oxygen atoms in total. The van der Waals surface area contributed by atoms with E-state index in [-0.39, 0.29) is 11.5 Å². The molecule has 0 atom stereocenters. The van der Waals surface area contributed by atoms with E-state index >= 15 is 0 Å². The van der Waals surface area contributed by atoms with Gasteiger partial charge in [0.2, 0.25) is 11.4 Å². The van der Waals surface area contributed by atoms with Crippen molar-refractivity contribution in [1.29, 1.82) is 5.41 Å². The van der Waals surface area contributed by atoms with Gasteiger partial charge < -0.3 is 4.52 Å². The first-order valence-corrected chi connectivity index (χ1v) is 4.89. The van der Waals surface area contributed by atoms with E-state index in [4.69, 9.17) is 9.93 Å². The number of aromatic nitrogens is 2. The molecular formula is C11H13N3O. The quantitative estimate of drug-likeness (QED) is 0.743. The van der Waals surface area contributed by atoms with Crippen molar-refractivity contribution in [1.82, 2.24) is 5.27 Å². The lowest BCUT2D eigenvalue weighted by Crippen LogP contribution is -2.40. The van der Waals surface area contributed by atoms with Gasteiger partial charge in [0.15, 0.2) is 0 Å². The van der Waals surface area contributed by atoms with Gasteiger partial charge in [0.25, 0.3) is 5.55 Å². The molecule has 1 aromatic carbocycles. The molecule has 0 amide bonds. The normalized spacial score (nSPS) is 10.9. The van der Waals surface area contributed by atoms with Gasteiger partial charge in [-0.3, -0.25) is 5.41 Å². The SMILES string of the molecule is CC(C)c1c(=N)o[n-][n+]1-c1ccccc1. The molecule has 0 spiro atoms. The summed E-state index contributed by atoms with van der Waals surface area (Å²) in [5.41, 5.74) is 1.85. The van der Waals surface area contributed by atoms with Crippen LogP contribution in [-0.2, 0) is 0 Å². The van der Waals surface area contributed by atoms with Crippen LogP contribution in [0.1, 0.15) is 25.5 Å². The minimum Gasteiger partial charge on any atom is -0.486 e. The number of hydrogen-bond acceptors (Lipinski definition) is 2. The first kappa shape index (κ1) is 9.71. The van der Waals surface area contributed by atoms with Crippen molar-refractivity contribution < 1.29 is 9.20 Å². The zero-order valence-electron chi connectivity index (χ0n) is 8.77. The summed E-state index contributed by atoms with van der Waals surface area (Å²) in [6.07, 6.45) is 0. The van der Waals surface area contributed by atoms with Crippen LogP contribution >= 0.6 is 0 Å². The van der Waals surface area contributed by atoms with Gasteiger partial charge in [0.05, 0.1) is 0 Å². The largest absolute Gasteiger partial charge is 0.486 e. The van der Waals surface area contributed by atoms with Crippen molar-refractivity contribution in [3.8, 4) is 5.69 Å². The second-order valence-electron chi connectivity index (χ2n) is 3.69. The molecule has 0 saturated heterocycles. The van der Waals surface area contributed by atoms with Gasteiger partial charge >= 0.3 is 0 Å². The lowest BCUT2D eigenvalue weighted by atomic mass is 10.1. The number of hydrogen-bond donors (Lipinski definition) is 1. The number of benzene rings is 1. The van der Waals surface area contributed by atoms with Crippen LogP contribution < -0.4 is 15.5 Å². The molecule has 0 aliphatic carbocycles. The molecule has 0 radical (unpaired) electrons. The Morgan fingerprint density at radius 1 is 1.27 bits per heavy atom. The molecule has 2 rings (SSSR count). The van der Waals surface area contributed by atoms with Gasteiger partial charge in [-0.1, -0.05) is 32.0 Å². The zero-order valence-corrected chi connectivity index (χ0v) is 8.77. The summed E-state index contributed by atoms with van der Waals surface area (Å²) in [4.78, 5) is 0. The number of nitrogens with zero attached hydrogens (tertiary/aromatic N) is 2. The van der Waals surface area contributed by atoms with E-state index in [2.05, 4.69) is 5.27 Å². The molecule has 0 aliphatic heterocycles. The molecule has 1 aromatic heterocycles. The average Bonchev–Trinajstić information content (AvgIpc) is 2.61. The van der Waals surface area contributed by atoms with Crippen LogP contribution in [0.2, 0.25) is 0 Å². The fraction of sp³-hybridized carbons (Fsp3) is 0.273. The van der Waals surface area contributed by atoms with Crippen molar-refractivity contribution in [3.05, 3.63) is 41.6 Å². The number of nitrogens with one attached hydrogen (secondary N) is 1. The van der Waals surface area contributed by atoms with Gasteiger partial charge in [0.1, 0.15) is 0 Å². The van der Waals surface area contributed by atoms with Crippen LogP contribution in [0.3, 0.4) is 0 Å². The van der Waals surface area contributed by atoms with E-state index in [0.29, 0.717) is 0 Å². The Bertz CT molecular complexity index is 496. The summed E-state index contributed by atoms with van der Waals surface area (Å²) in [7, 11) is 0. The molecule has 0 bridgehead atoms. The van der Waals surface area contributed by atoms with E-state index in [0.717, 1.165) is 11.4 Å². The molecule has 0 aliphatic rings. The third kappa shape index (κ3) is 1.70. The van der Waals surface area contributed by atoms with Crippen LogP contribution in [0, 0.1) is 5.41 Å². The smallest absolute Gasteiger partial charge is 0.269 e. The Kier molecular flexibility index (Phi) is 2.41. The fourth-order valence-corrected chi connectivity index (χ4v) is 1.53. The van der Waals surface area contributed by atoms with Crippen LogP contribution in [0.4, 0.5) is 0 Å². The Hall–Kier alpha value is -1.84. The fourth-order valence-electron chi connectivity index (χ4n) is 1.53. The maximum Gasteiger partial charge on any atom is 0.269 e. The van der Waals surface area contributed by atoms with E-state index < -0.39 is 0 Å². The van der Waals surface area contributed by atoms with Gasteiger partial charge in [-0.15, -0.1) is 0 Å². The molecule has 0 unspecified atom stereocenters. The Balaban J connectivity index is 2.59. The van der Waals surface area contributed by atoms with Crippen molar-refractivity contribution in [3.63, 3.8) is 0 Å². The summed E-state index contributed by atoms with van der Waals surface area (Å²) < 4.78 is 6.56. The first-order valence-electron chi connectivity index (χ1n) is 4.89. The maximum absolute atomic E-state index is 7.62. The van der Waals surface area contributed by atoms with Gasteiger partial charge in [-0.2, -0.15) is 0 Å². The monoisotopic (exact) mass is 203 g/mol. The molecule has 78 valence electrons. The third-order valence-electron chi connectivity index (χ3n) is 2.22. The molecule has 2 aromatic rings. The molecule has 15 heavy (non-hydrogen) atoms. The van der Waals surface area contributed by atoms with Crippen LogP contribution in [0.25, 0.3) is 5.69 Å². The summed E-state index contributed by atoms with van der Waals surface area (Å²) in [5, 5.41) is 11.5. The minimum absolute atomic E-state index is 0.133. The third-order valence-corrected chi connectivity index (χ3v) is 2.22. The van der Waals surface area contributed by atoms with Crippen molar-refractivity contribution in [2.75, 3.05) is 0 Å². The molecular weight excluding hydrogens is 190 g/mol. The number of rotatable bonds is 2. The van der Waals surface area contributed by atoms with Crippen molar-refractivity contribution in [2.45, 2.75) is 19.8 Å². The van der Waals surface area contributed by atoms with Crippen LogP contribution in [0.15, 0.2) is 34.9 Å². The maximum atomic E-state index is 7.62. The second kappa shape index (κ2) is 3.73. The average molecular weight is 203 g/mol. The second-order valence-corrected chi connectivity index (χ2v) is 3.69. The zero-order chi connectivity index (χ0) is 10.8. The summed E-state index contributed by atoms with van der Waals surface area (Å²) in [6, 6.07) is 9.69. The van der Waals surface area contributed by atoms with Crippen molar-refractivity contribution >= 4 is 0 Å². The van der Waals surface area contributed by atoms with Crippen molar-refractivity contribution in [2.24, 2.45) is 0 Å². The predicted molar refractivity (Wildman–Crippen MR) is 53.5 cm³/mol. The summed E-state index contributed by atoms with van der Waals surface area (Å²) in [6.45, 7) is 4.04. The predicted octanol–water partition coefficient (Wildman–Crippen LogP) is 1.12. The van der Waals surface area contributed by atoms with Gasteiger partial charge in [-0.05, 0) is 0 Å². The molecule has 1 N–H and O–H groups in total. The molecule has 0 saturated carbocycles. The highest BCUT2D eigenvalue weighted by atomic mass is 16.5. The molecule has 0 fully saturated rings. The van der Waals surface area contributed by atoms with E-state index in [1.54, 1.807) is 4.68 Å². The number of para-hydroxylation sites is 1. The summed E-state index contributed by atoms with van der Waals surface area (Å²) >= 11 is 0. The Morgan fingerprint density at radius 3 is 2.53 bits per heavy atom. The standard InChI is InChI=1S/C11H13N3O/c1-8(2)10-11(12)15-13-14(10)9-6-4-3-5-7-9/h3-8,12H,1-2H3. The topological polar surface area (TPSA) is 55.0 Å². The first-order chi connectivity index (χ1) is 7.20. The Labute approximate surface area is 87.6 Å². The summed E-state index contributed by atoms with van der Waals surface area (Å²) in [5.74, 6) is 0.212. The highest BCUT2D eigenvalue weighted by Crippen LogP contribution is 2.06. The highest BCUT2D eigenvalue weighted by Gasteiger charge is 2.17. The lowest BCUT2D eigenvalue weighted by molar-refractivity contribution is -0.684.